The zero-order valence-corrected chi connectivity index (χ0v) is 8.90. The fraction of sp³-hybridized carbons (Fsp3) is 0.500. The second-order valence-electron chi connectivity index (χ2n) is 3.34. The number of hydrogen-bond donors (Lipinski definition) is 1. The Morgan fingerprint density at radius 1 is 1.23 bits per heavy atom. The molecule has 1 N–H and O–H groups in total. The maximum atomic E-state index is 3.89. The van der Waals surface area contributed by atoms with Crippen LogP contribution >= 0.6 is 0 Å². The average molecular weight is 179 g/mol. The van der Waals surface area contributed by atoms with E-state index in [-0.39, 0.29) is 0 Å². The van der Waals surface area contributed by atoms with Crippen molar-refractivity contribution in [3.8, 4) is 0 Å². The van der Waals surface area contributed by atoms with Crippen LogP contribution in [0.3, 0.4) is 0 Å². The molecule has 0 aromatic rings. The lowest BCUT2D eigenvalue weighted by atomic mass is 10.2. The summed E-state index contributed by atoms with van der Waals surface area (Å²) >= 11 is 0. The first-order chi connectivity index (χ1) is 6.16. The molecule has 0 aliphatic heterocycles. The minimum atomic E-state index is 0.971. The predicted octanol–water partition coefficient (Wildman–Crippen LogP) is 3.41. The van der Waals surface area contributed by atoms with Gasteiger partial charge >= 0.3 is 0 Å². The normalized spacial score (nSPS) is 10.3. The van der Waals surface area contributed by atoms with Crippen LogP contribution in [0.2, 0.25) is 0 Å². The van der Waals surface area contributed by atoms with Gasteiger partial charge in [-0.3, -0.25) is 0 Å². The van der Waals surface area contributed by atoms with Crippen molar-refractivity contribution in [2.24, 2.45) is 0 Å². The SMILES string of the molecule is C=C(C)/C=C\C(=C)NCCCCC. The first kappa shape index (κ1) is 12.0. The van der Waals surface area contributed by atoms with Crippen LogP contribution in [0.4, 0.5) is 0 Å². The summed E-state index contributed by atoms with van der Waals surface area (Å²) in [4.78, 5) is 0. The minimum absolute atomic E-state index is 0.971. The first-order valence-corrected chi connectivity index (χ1v) is 4.93. The Bertz CT molecular complexity index is 189. The zero-order valence-electron chi connectivity index (χ0n) is 8.90. The molecule has 0 saturated heterocycles. The van der Waals surface area contributed by atoms with Crippen molar-refractivity contribution in [3.63, 3.8) is 0 Å². The van der Waals surface area contributed by atoms with E-state index in [1.165, 1.54) is 19.3 Å². The molecule has 0 saturated carbocycles. The van der Waals surface area contributed by atoms with E-state index >= 15 is 0 Å². The molecule has 0 unspecified atom stereocenters. The molecule has 0 aliphatic carbocycles. The van der Waals surface area contributed by atoms with Gasteiger partial charge in [-0.15, -0.1) is 0 Å². The molecule has 0 rings (SSSR count). The molecular weight excluding hydrogens is 158 g/mol. The molecule has 74 valence electrons. The van der Waals surface area contributed by atoms with Crippen LogP contribution in [0.25, 0.3) is 0 Å². The highest BCUT2D eigenvalue weighted by Gasteiger charge is 1.87. The van der Waals surface area contributed by atoms with E-state index in [2.05, 4.69) is 25.4 Å². The zero-order chi connectivity index (χ0) is 10.1. The molecule has 0 heterocycles. The largest absolute Gasteiger partial charge is 0.386 e. The smallest absolute Gasteiger partial charge is 0.0267 e. The number of rotatable bonds is 7. The summed E-state index contributed by atoms with van der Waals surface area (Å²) in [5.41, 5.74) is 2.02. The standard InChI is InChI=1S/C12H21N/c1-5-6-7-10-13-12(4)9-8-11(2)3/h8-9,13H,2,4-7,10H2,1,3H3/b9-8-. The first-order valence-electron chi connectivity index (χ1n) is 4.93. The number of nitrogens with one attached hydrogen (secondary N) is 1. The highest BCUT2D eigenvalue weighted by atomic mass is 14.9. The van der Waals surface area contributed by atoms with Gasteiger partial charge in [0.1, 0.15) is 0 Å². The van der Waals surface area contributed by atoms with Gasteiger partial charge in [-0.05, 0) is 19.4 Å². The van der Waals surface area contributed by atoms with E-state index in [0.717, 1.165) is 17.8 Å². The molecule has 0 bridgehead atoms. The molecule has 1 nitrogen and oxygen atoms in total. The van der Waals surface area contributed by atoms with Crippen molar-refractivity contribution >= 4 is 0 Å². The Balaban J connectivity index is 3.46. The Hall–Kier alpha value is -0.980. The third-order valence-electron chi connectivity index (χ3n) is 1.70. The van der Waals surface area contributed by atoms with Gasteiger partial charge in [-0.1, -0.05) is 44.6 Å². The molecular formula is C12H21N. The van der Waals surface area contributed by atoms with Crippen molar-refractivity contribution in [1.82, 2.24) is 5.32 Å². The Kier molecular flexibility index (Phi) is 7.08. The van der Waals surface area contributed by atoms with Crippen molar-refractivity contribution in [3.05, 3.63) is 36.6 Å². The monoisotopic (exact) mass is 179 g/mol. The lowest BCUT2D eigenvalue weighted by Crippen LogP contribution is -2.12. The van der Waals surface area contributed by atoms with E-state index in [1.54, 1.807) is 0 Å². The van der Waals surface area contributed by atoms with Crippen LogP contribution in [0.1, 0.15) is 33.1 Å². The fourth-order valence-corrected chi connectivity index (χ4v) is 0.926. The quantitative estimate of drug-likeness (QED) is 0.466. The predicted molar refractivity (Wildman–Crippen MR) is 60.6 cm³/mol. The highest BCUT2D eigenvalue weighted by Crippen LogP contribution is 1.96. The minimum Gasteiger partial charge on any atom is -0.386 e. The molecule has 0 aromatic heterocycles. The highest BCUT2D eigenvalue weighted by molar-refractivity contribution is 5.21. The van der Waals surface area contributed by atoms with E-state index < -0.39 is 0 Å². The van der Waals surface area contributed by atoms with Gasteiger partial charge in [0.05, 0.1) is 0 Å². The summed E-state index contributed by atoms with van der Waals surface area (Å²) in [6, 6.07) is 0. The van der Waals surface area contributed by atoms with Gasteiger partial charge in [0.15, 0.2) is 0 Å². The molecule has 0 spiro atoms. The molecule has 0 atom stereocenters. The summed E-state index contributed by atoms with van der Waals surface area (Å²) < 4.78 is 0. The van der Waals surface area contributed by atoms with Crippen LogP contribution in [0.5, 0.6) is 0 Å². The van der Waals surface area contributed by atoms with E-state index in [4.69, 9.17) is 0 Å². The Labute approximate surface area is 82.2 Å². The molecule has 0 radical (unpaired) electrons. The Morgan fingerprint density at radius 3 is 2.46 bits per heavy atom. The lowest BCUT2D eigenvalue weighted by Gasteiger charge is -2.04. The van der Waals surface area contributed by atoms with Gasteiger partial charge in [0.2, 0.25) is 0 Å². The van der Waals surface area contributed by atoms with Gasteiger partial charge in [-0.25, -0.2) is 0 Å². The Morgan fingerprint density at radius 2 is 1.92 bits per heavy atom. The third kappa shape index (κ3) is 8.93. The van der Waals surface area contributed by atoms with Crippen LogP contribution in [-0.2, 0) is 0 Å². The average Bonchev–Trinajstić information content (AvgIpc) is 2.09. The van der Waals surface area contributed by atoms with Crippen LogP contribution in [0, 0.1) is 0 Å². The van der Waals surface area contributed by atoms with Crippen molar-refractivity contribution in [2.45, 2.75) is 33.1 Å². The molecule has 0 aromatic carbocycles. The number of unbranched alkanes of at least 4 members (excludes halogenated alkanes) is 2. The van der Waals surface area contributed by atoms with Crippen molar-refractivity contribution in [1.29, 1.82) is 0 Å². The maximum absolute atomic E-state index is 3.89. The lowest BCUT2D eigenvalue weighted by molar-refractivity contribution is 0.674. The molecule has 1 heteroatoms. The van der Waals surface area contributed by atoms with E-state index in [9.17, 15) is 0 Å². The van der Waals surface area contributed by atoms with E-state index in [1.807, 2.05) is 19.1 Å². The third-order valence-corrected chi connectivity index (χ3v) is 1.70. The fourth-order valence-electron chi connectivity index (χ4n) is 0.926. The molecule has 0 aliphatic rings. The van der Waals surface area contributed by atoms with Crippen LogP contribution < -0.4 is 5.32 Å². The van der Waals surface area contributed by atoms with Crippen LogP contribution in [0.15, 0.2) is 36.6 Å². The summed E-state index contributed by atoms with van der Waals surface area (Å²) in [7, 11) is 0. The maximum Gasteiger partial charge on any atom is 0.0267 e. The second-order valence-corrected chi connectivity index (χ2v) is 3.34. The second kappa shape index (κ2) is 7.66. The number of allylic oxidation sites excluding steroid dienone is 3. The van der Waals surface area contributed by atoms with Crippen molar-refractivity contribution in [2.75, 3.05) is 6.54 Å². The van der Waals surface area contributed by atoms with Gasteiger partial charge in [0.25, 0.3) is 0 Å². The van der Waals surface area contributed by atoms with Gasteiger partial charge < -0.3 is 5.32 Å². The molecule has 0 amide bonds. The summed E-state index contributed by atoms with van der Waals surface area (Å²) in [6.45, 7) is 12.9. The summed E-state index contributed by atoms with van der Waals surface area (Å²) in [5.74, 6) is 0. The van der Waals surface area contributed by atoms with Crippen LogP contribution in [-0.4, -0.2) is 6.54 Å². The summed E-state index contributed by atoms with van der Waals surface area (Å²) in [5, 5.41) is 3.25. The topological polar surface area (TPSA) is 12.0 Å². The molecule has 0 fully saturated rings. The van der Waals surface area contributed by atoms with Gasteiger partial charge in [-0.2, -0.15) is 0 Å². The summed E-state index contributed by atoms with van der Waals surface area (Å²) in [6.07, 6.45) is 7.69. The number of hydrogen-bond acceptors (Lipinski definition) is 1. The van der Waals surface area contributed by atoms with Gasteiger partial charge in [0, 0.05) is 12.2 Å². The van der Waals surface area contributed by atoms with Crippen molar-refractivity contribution < 1.29 is 0 Å². The molecule has 13 heavy (non-hydrogen) atoms. The van der Waals surface area contributed by atoms with E-state index in [0.29, 0.717) is 0 Å².